The number of amides is 3. The quantitative estimate of drug-likeness (QED) is 0.679. The molecule has 0 aromatic heterocycles. The van der Waals surface area contributed by atoms with E-state index in [1.807, 2.05) is 45.9 Å². The number of urea groups is 1. The van der Waals surface area contributed by atoms with Crippen molar-refractivity contribution < 1.29 is 9.59 Å². The molecule has 28 heavy (non-hydrogen) atoms. The summed E-state index contributed by atoms with van der Waals surface area (Å²) < 4.78 is -0.290. The Bertz CT molecular complexity index is 1010. The van der Waals surface area contributed by atoms with Crippen LogP contribution in [0.2, 0.25) is 5.02 Å². The van der Waals surface area contributed by atoms with E-state index < -0.39 is 4.87 Å². The van der Waals surface area contributed by atoms with E-state index in [0.29, 0.717) is 22.9 Å². The minimum atomic E-state index is -1.13. The average molecular weight is 416 g/mol. The third-order valence-electron chi connectivity index (χ3n) is 5.25. The van der Waals surface area contributed by atoms with E-state index in [0.717, 1.165) is 16.7 Å². The third kappa shape index (κ3) is 2.95. The van der Waals surface area contributed by atoms with E-state index in [9.17, 15) is 9.59 Å². The number of nitrogens with zero attached hydrogens (tertiary/aromatic N) is 1. The smallest absolute Gasteiger partial charge is 0.323 e. The first-order valence-corrected chi connectivity index (χ1v) is 10.3. The third-order valence-corrected chi connectivity index (χ3v) is 7.09. The van der Waals surface area contributed by atoms with Crippen LogP contribution in [0.4, 0.5) is 16.2 Å². The van der Waals surface area contributed by atoms with Crippen molar-refractivity contribution in [1.29, 1.82) is 0 Å². The Morgan fingerprint density at radius 3 is 2.64 bits per heavy atom. The van der Waals surface area contributed by atoms with Crippen LogP contribution >= 0.6 is 23.4 Å². The summed E-state index contributed by atoms with van der Waals surface area (Å²) in [6.07, 6.45) is 0. The van der Waals surface area contributed by atoms with Crippen LogP contribution < -0.4 is 10.6 Å². The lowest BCUT2D eigenvalue weighted by Gasteiger charge is -2.32. The second kappa shape index (κ2) is 6.42. The zero-order valence-electron chi connectivity index (χ0n) is 16.2. The van der Waals surface area contributed by atoms with Crippen LogP contribution in [-0.4, -0.2) is 28.1 Å². The highest BCUT2D eigenvalue weighted by atomic mass is 35.5. The highest BCUT2D eigenvalue weighted by Gasteiger charge is 2.61. The van der Waals surface area contributed by atoms with Crippen molar-refractivity contribution in [2.75, 3.05) is 17.2 Å². The van der Waals surface area contributed by atoms with Gasteiger partial charge in [0.1, 0.15) is 0 Å². The van der Waals surface area contributed by atoms with Crippen molar-refractivity contribution in [3.05, 3.63) is 58.1 Å². The fourth-order valence-electron chi connectivity index (χ4n) is 3.81. The molecule has 2 heterocycles. The highest BCUT2D eigenvalue weighted by Crippen LogP contribution is 2.58. The van der Waals surface area contributed by atoms with Crippen molar-refractivity contribution in [2.45, 2.75) is 37.3 Å². The molecule has 0 unspecified atom stereocenters. The maximum atomic E-state index is 13.3. The first-order chi connectivity index (χ1) is 13.1. The Morgan fingerprint density at radius 1 is 1.18 bits per heavy atom. The summed E-state index contributed by atoms with van der Waals surface area (Å²) in [4.78, 5) is 26.9. The molecule has 0 saturated carbocycles. The molecule has 5 nitrogen and oxygen atoms in total. The van der Waals surface area contributed by atoms with Crippen molar-refractivity contribution in [1.82, 2.24) is 4.90 Å². The summed E-state index contributed by atoms with van der Waals surface area (Å²) in [5, 5.41) is 6.42. The topological polar surface area (TPSA) is 61.4 Å². The molecular weight excluding hydrogens is 394 g/mol. The van der Waals surface area contributed by atoms with Gasteiger partial charge >= 0.3 is 6.03 Å². The number of aryl methyl sites for hydroxylation is 2. The van der Waals surface area contributed by atoms with Crippen LogP contribution in [0.5, 0.6) is 0 Å². The van der Waals surface area contributed by atoms with E-state index >= 15 is 0 Å². The average Bonchev–Trinajstić information content (AvgIpc) is 3.06. The van der Waals surface area contributed by atoms with Crippen LogP contribution in [0, 0.1) is 13.8 Å². The van der Waals surface area contributed by atoms with E-state index in [2.05, 4.69) is 10.6 Å². The maximum Gasteiger partial charge on any atom is 0.323 e. The van der Waals surface area contributed by atoms with Crippen molar-refractivity contribution >= 4 is 46.7 Å². The number of nitrogens with one attached hydrogen (secondary N) is 2. The Kier molecular flexibility index (Phi) is 4.39. The maximum absolute atomic E-state index is 13.3. The Balaban J connectivity index is 1.75. The van der Waals surface area contributed by atoms with Gasteiger partial charge in [0.05, 0.1) is 0 Å². The van der Waals surface area contributed by atoms with Gasteiger partial charge in [-0.1, -0.05) is 17.7 Å². The number of hydrogen-bond acceptors (Lipinski definition) is 3. The van der Waals surface area contributed by atoms with Gasteiger partial charge in [-0.25, -0.2) is 4.79 Å². The number of carbonyl (C=O) groups excluding carboxylic acids is 2. The van der Waals surface area contributed by atoms with Crippen LogP contribution in [0.3, 0.4) is 0 Å². The second-order valence-corrected chi connectivity index (χ2v) is 10.3. The molecular formula is C21H22ClN3O2S. The van der Waals surface area contributed by atoms with Gasteiger partial charge in [0.2, 0.25) is 0 Å². The van der Waals surface area contributed by atoms with Gasteiger partial charge < -0.3 is 10.6 Å². The van der Waals surface area contributed by atoms with E-state index in [4.69, 9.17) is 11.6 Å². The highest BCUT2D eigenvalue weighted by molar-refractivity contribution is 8.02. The first kappa shape index (κ1) is 19.2. The number of halogens is 1. The molecule has 2 aliphatic heterocycles. The molecule has 0 radical (unpaired) electrons. The summed E-state index contributed by atoms with van der Waals surface area (Å²) in [6, 6.07) is 10.8. The lowest BCUT2D eigenvalue weighted by atomic mass is 10.0. The Hall–Kier alpha value is -2.18. The summed E-state index contributed by atoms with van der Waals surface area (Å²) in [6.45, 7) is 8.55. The molecule has 7 heteroatoms. The number of rotatable bonds is 1. The van der Waals surface area contributed by atoms with E-state index in [1.165, 1.54) is 11.8 Å². The molecule has 2 N–H and O–H groups in total. The van der Waals surface area contributed by atoms with Crippen molar-refractivity contribution in [2.24, 2.45) is 0 Å². The van der Waals surface area contributed by atoms with Gasteiger partial charge in [-0.3, -0.25) is 9.69 Å². The van der Waals surface area contributed by atoms with Crippen LogP contribution in [0.15, 0.2) is 36.4 Å². The number of benzene rings is 2. The summed E-state index contributed by atoms with van der Waals surface area (Å²) in [5.41, 5.74) is 4.40. The summed E-state index contributed by atoms with van der Waals surface area (Å²) in [7, 11) is 0. The lowest BCUT2D eigenvalue weighted by Crippen LogP contribution is -2.49. The SMILES string of the molecule is Cc1ccc(NC(=O)N2CC(C)(C)S[C@@]23C(=O)Nc2ccc(Cl)cc23)cc1C. The second-order valence-electron chi connectivity index (χ2n) is 7.97. The molecule has 0 bridgehead atoms. The normalized spacial score (nSPS) is 22.3. The molecule has 3 amide bonds. The lowest BCUT2D eigenvalue weighted by molar-refractivity contribution is -0.121. The molecule has 1 spiro atoms. The standard InChI is InChI=1S/C21H22ClN3O2S/c1-12-5-7-15(9-13(12)2)23-19(27)25-11-20(3,4)28-21(25)16-10-14(22)6-8-17(16)24-18(21)26/h5-10H,11H2,1-4H3,(H,23,27)(H,24,26)/t21-/m0/s1. The van der Waals surface area contributed by atoms with Crippen molar-refractivity contribution in [3.8, 4) is 0 Å². The zero-order chi connectivity index (χ0) is 20.3. The van der Waals surface area contributed by atoms with Crippen LogP contribution in [0.25, 0.3) is 0 Å². The fraction of sp³-hybridized carbons (Fsp3) is 0.333. The molecule has 4 rings (SSSR count). The predicted molar refractivity (Wildman–Crippen MR) is 115 cm³/mol. The van der Waals surface area contributed by atoms with Crippen LogP contribution in [0.1, 0.15) is 30.5 Å². The number of anilines is 2. The Morgan fingerprint density at radius 2 is 1.93 bits per heavy atom. The number of fused-ring (bicyclic) bond motifs is 2. The molecule has 1 fully saturated rings. The molecule has 146 valence electrons. The van der Waals surface area contributed by atoms with Gasteiger partial charge in [-0.05, 0) is 69.2 Å². The first-order valence-electron chi connectivity index (χ1n) is 9.10. The van der Waals surface area contributed by atoms with Gasteiger partial charge in [-0.15, -0.1) is 11.8 Å². The van der Waals surface area contributed by atoms with Gasteiger partial charge in [-0.2, -0.15) is 0 Å². The zero-order valence-corrected chi connectivity index (χ0v) is 17.8. The monoisotopic (exact) mass is 415 g/mol. The molecule has 2 aromatic carbocycles. The molecule has 2 aromatic rings. The van der Waals surface area contributed by atoms with Gasteiger partial charge in [0, 0.05) is 33.3 Å². The van der Waals surface area contributed by atoms with Gasteiger partial charge in [0.15, 0.2) is 4.87 Å². The molecule has 1 atom stereocenters. The largest absolute Gasteiger partial charge is 0.323 e. The molecule has 2 aliphatic rings. The van der Waals surface area contributed by atoms with E-state index in [-0.39, 0.29) is 16.7 Å². The molecule has 1 saturated heterocycles. The minimum Gasteiger partial charge on any atom is -0.323 e. The fourth-order valence-corrected chi connectivity index (χ4v) is 5.65. The molecule has 0 aliphatic carbocycles. The predicted octanol–water partition coefficient (Wildman–Crippen LogP) is 5.12. The summed E-state index contributed by atoms with van der Waals surface area (Å²) >= 11 is 7.71. The Labute approximate surface area is 173 Å². The van der Waals surface area contributed by atoms with Crippen LogP contribution in [-0.2, 0) is 9.67 Å². The summed E-state index contributed by atoms with van der Waals surface area (Å²) in [5.74, 6) is -0.212. The number of carbonyl (C=O) groups is 2. The number of hydrogen-bond donors (Lipinski definition) is 2. The number of thioether (sulfide) groups is 1. The van der Waals surface area contributed by atoms with E-state index in [1.54, 1.807) is 23.1 Å². The van der Waals surface area contributed by atoms with Gasteiger partial charge in [0.25, 0.3) is 5.91 Å². The van der Waals surface area contributed by atoms with Crippen molar-refractivity contribution in [3.63, 3.8) is 0 Å². The minimum absolute atomic E-state index is 0.212.